The molecule has 1 aliphatic rings. The third kappa shape index (κ3) is 3.79. The SMILES string of the molecule is CC1CC=C(c2cn(CC(=O)Nc3ccn4ncnc4c3)c(=O)cn2)CC1. The van der Waals surface area contributed by atoms with E-state index in [1.807, 2.05) is 0 Å². The molecule has 1 amide bonds. The van der Waals surface area contributed by atoms with Gasteiger partial charge in [0.15, 0.2) is 5.65 Å². The highest BCUT2D eigenvalue weighted by molar-refractivity contribution is 5.91. The Morgan fingerprint density at radius 1 is 1.37 bits per heavy atom. The van der Waals surface area contributed by atoms with E-state index in [9.17, 15) is 9.59 Å². The van der Waals surface area contributed by atoms with Gasteiger partial charge in [-0.05, 0) is 36.8 Å². The standard InChI is InChI=1S/C19H20N6O2/c1-13-2-4-14(5-3-13)16-10-24(19(27)9-20-16)11-18(26)23-15-6-7-25-17(8-15)21-12-22-25/h4,6-10,12-13H,2-3,5,11H2,1H3,(H,23,26). The van der Waals surface area contributed by atoms with E-state index >= 15 is 0 Å². The highest BCUT2D eigenvalue weighted by atomic mass is 16.2. The van der Waals surface area contributed by atoms with Gasteiger partial charge in [0.05, 0.1) is 11.9 Å². The minimum absolute atomic E-state index is 0.0735. The number of hydrogen-bond donors (Lipinski definition) is 1. The molecule has 0 radical (unpaired) electrons. The first-order valence-corrected chi connectivity index (χ1v) is 8.93. The highest BCUT2D eigenvalue weighted by Gasteiger charge is 2.14. The van der Waals surface area contributed by atoms with Crippen molar-refractivity contribution < 1.29 is 4.79 Å². The molecule has 1 aliphatic carbocycles. The lowest BCUT2D eigenvalue weighted by Gasteiger charge is -2.18. The van der Waals surface area contributed by atoms with Gasteiger partial charge in [-0.2, -0.15) is 5.10 Å². The number of allylic oxidation sites excluding steroid dienone is 2. The van der Waals surface area contributed by atoms with Crippen LogP contribution in [0.2, 0.25) is 0 Å². The number of anilines is 1. The molecule has 1 N–H and O–H groups in total. The van der Waals surface area contributed by atoms with Crippen molar-refractivity contribution in [3.05, 3.63) is 59.2 Å². The fourth-order valence-corrected chi connectivity index (χ4v) is 3.18. The summed E-state index contributed by atoms with van der Waals surface area (Å²) in [6.45, 7) is 2.15. The van der Waals surface area contributed by atoms with Gasteiger partial charge in [-0.15, -0.1) is 0 Å². The number of carbonyl (C=O) groups excluding carboxylic acids is 1. The number of aromatic nitrogens is 5. The van der Waals surface area contributed by atoms with Crippen LogP contribution in [-0.2, 0) is 11.3 Å². The summed E-state index contributed by atoms with van der Waals surface area (Å²) in [4.78, 5) is 32.8. The van der Waals surface area contributed by atoms with Gasteiger partial charge in [-0.3, -0.25) is 9.59 Å². The molecule has 4 rings (SSSR count). The molecule has 1 atom stereocenters. The van der Waals surface area contributed by atoms with Gasteiger partial charge in [0.2, 0.25) is 5.91 Å². The van der Waals surface area contributed by atoms with Gasteiger partial charge < -0.3 is 9.88 Å². The third-order valence-electron chi connectivity index (χ3n) is 4.76. The molecule has 3 aromatic rings. The average Bonchev–Trinajstić information content (AvgIpc) is 3.12. The Balaban J connectivity index is 1.50. The summed E-state index contributed by atoms with van der Waals surface area (Å²) in [5, 5.41) is 6.80. The Hall–Kier alpha value is -3.29. The number of carbonyl (C=O) groups is 1. The van der Waals surface area contributed by atoms with Gasteiger partial charge in [0, 0.05) is 24.1 Å². The molecule has 1 unspecified atom stereocenters. The number of nitrogens with zero attached hydrogens (tertiary/aromatic N) is 5. The molecular weight excluding hydrogens is 344 g/mol. The van der Waals surface area contributed by atoms with Gasteiger partial charge in [0.1, 0.15) is 12.9 Å². The maximum Gasteiger partial charge on any atom is 0.269 e. The molecule has 8 nitrogen and oxygen atoms in total. The van der Waals surface area contributed by atoms with E-state index in [4.69, 9.17) is 0 Å². The van der Waals surface area contributed by atoms with E-state index in [0.717, 1.165) is 30.5 Å². The summed E-state index contributed by atoms with van der Waals surface area (Å²) in [5.41, 5.74) is 2.84. The normalized spacial score (nSPS) is 16.9. The van der Waals surface area contributed by atoms with Crippen molar-refractivity contribution in [3.8, 4) is 0 Å². The van der Waals surface area contributed by atoms with Gasteiger partial charge in [0.25, 0.3) is 5.56 Å². The van der Waals surface area contributed by atoms with Crippen LogP contribution in [0.1, 0.15) is 31.9 Å². The average molecular weight is 364 g/mol. The minimum atomic E-state index is -0.299. The van der Waals surface area contributed by atoms with E-state index in [0.29, 0.717) is 17.3 Å². The van der Waals surface area contributed by atoms with Crippen molar-refractivity contribution in [2.75, 3.05) is 5.32 Å². The molecule has 0 spiro atoms. The molecule has 0 aromatic carbocycles. The molecule has 3 heterocycles. The molecule has 138 valence electrons. The van der Waals surface area contributed by atoms with Crippen LogP contribution in [0.4, 0.5) is 5.69 Å². The van der Waals surface area contributed by atoms with Crippen LogP contribution in [0, 0.1) is 5.92 Å². The zero-order valence-electron chi connectivity index (χ0n) is 15.0. The van der Waals surface area contributed by atoms with Gasteiger partial charge >= 0.3 is 0 Å². The van der Waals surface area contributed by atoms with Crippen LogP contribution in [-0.4, -0.2) is 30.1 Å². The van der Waals surface area contributed by atoms with Crippen molar-refractivity contribution in [1.29, 1.82) is 0 Å². The molecule has 0 bridgehead atoms. The molecule has 8 heteroatoms. The molecule has 0 aliphatic heterocycles. The number of rotatable bonds is 4. The fraction of sp³-hybridized carbons (Fsp3) is 0.316. The van der Waals surface area contributed by atoms with E-state index in [2.05, 4.69) is 33.4 Å². The minimum Gasteiger partial charge on any atom is -0.324 e. The lowest BCUT2D eigenvalue weighted by Crippen LogP contribution is -2.28. The van der Waals surface area contributed by atoms with Gasteiger partial charge in [-0.25, -0.2) is 14.5 Å². The first-order valence-electron chi connectivity index (χ1n) is 8.93. The van der Waals surface area contributed by atoms with Crippen LogP contribution >= 0.6 is 0 Å². The van der Waals surface area contributed by atoms with Crippen LogP contribution in [0.5, 0.6) is 0 Å². The number of hydrogen-bond acceptors (Lipinski definition) is 5. The van der Waals surface area contributed by atoms with E-state index in [1.54, 1.807) is 29.0 Å². The van der Waals surface area contributed by atoms with Crippen molar-refractivity contribution in [1.82, 2.24) is 24.1 Å². The van der Waals surface area contributed by atoms with E-state index in [-0.39, 0.29) is 18.0 Å². The zero-order valence-corrected chi connectivity index (χ0v) is 15.0. The molecular formula is C19H20N6O2. The zero-order chi connectivity index (χ0) is 18.8. The number of nitrogens with one attached hydrogen (secondary N) is 1. The van der Waals surface area contributed by atoms with Crippen LogP contribution in [0.3, 0.4) is 0 Å². The second kappa shape index (κ2) is 7.14. The summed E-state index contributed by atoms with van der Waals surface area (Å²) < 4.78 is 3.00. The Morgan fingerprint density at radius 2 is 2.26 bits per heavy atom. The second-order valence-electron chi connectivity index (χ2n) is 6.87. The Labute approximate surface area is 155 Å². The van der Waals surface area contributed by atoms with Crippen LogP contribution < -0.4 is 10.9 Å². The lowest BCUT2D eigenvalue weighted by molar-refractivity contribution is -0.116. The number of fused-ring (bicyclic) bond motifs is 1. The molecule has 0 fully saturated rings. The van der Waals surface area contributed by atoms with E-state index < -0.39 is 0 Å². The summed E-state index contributed by atoms with van der Waals surface area (Å²) >= 11 is 0. The lowest BCUT2D eigenvalue weighted by atomic mass is 9.90. The third-order valence-corrected chi connectivity index (χ3v) is 4.76. The maximum absolute atomic E-state index is 12.4. The first kappa shape index (κ1) is 17.1. The number of amides is 1. The maximum atomic E-state index is 12.4. The van der Waals surface area contributed by atoms with Crippen molar-refractivity contribution in [2.45, 2.75) is 32.7 Å². The smallest absolute Gasteiger partial charge is 0.269 e. The van der Waals surface area contributed by atoms with Crippen LogP contribution in [0.15, 0.2) is 47.9 Å². The van der Waals surface area contributed by atoms with Crippen LogP contribution in [0.25, 0.3) is 11.2 Å². The summed E-state index contributed by atoms with van der Waals surface area (Å²) in [5.74, 6) is 0.386. The monoisotopic (exact) mass is 364 g/mol. The van der Waals surface area contributed by atoms with Crippen molar-refractivity contribution in [3.63, 3.8) is 0 Å². The highest BCUT2D eigenvalue weighted by Crippen LogP contribution is 2.28. The summed E-state index contributed by atoms with van der Waals surface area (Å²) in [7, 11) is 0. The van der Waals surface area contributed by atoms with Crippen molar-refractivity contribution in [2.24, 2.45) is 5.92 Å². The summed E-state index contributed by atoms with van der Waals surface area (Å²) in [6, 6.07) is 3.45. The second-order valence-corrected chi connectivity index (χ2v) is 6.87. The van der Waals surface area contributed by atoms with Crippen molar-refractivity contribution >= 4 is 22.8 Å². The van der Waals surface area contributed by atoms with E-state index in [1.165, 1.54) is 17.1 Å². The summed E-state index contributed by atoms with van der Waals surface area (Å²) in [6.07, 6.45) is 11.4. The Kier molecular flexibility index (Phi) is 4.53. The fourth-order valence-electron chi connectivity index (χ4n) is 3.18. The first-order chi connectivity index (χ1) is 13.1. The molecule has 0 saturated carbocycles. The Morgan fingerprint density at radius 3 is 3.07 bits per heavy atom. The van der Waals surface area contributed by atoms with Gasteiger partial charge in [-0.1, -0.05) is 13.0 Å². The molecule has 27 heavy (non-hydrogen) atoms. The predicted molar refractivity (Wildman–Crippen MR) is 101 cm³/mol. The largest absolute Gasteiger partial charge is 0.324 e. The number of pyridine rings is 1. The topological polar surface area (TPSA) is 94.2 Å². The molecule has 0 saturated heterocycles. The predicted octanol–water partition coefficient (Wildman–Crippen LogP) is 2.13. The Bertz CT molecular complexity index is 1080. The quantitative estimate of drug-likeness (QED) is 0.765. The molecule has 3 aromatic heterocycles.